The highest BCUT2D eigenvalue weighted by Gasteiger charge is 2.09. The molecule has 0 aromatic heterocycles. The first-order valence-electron chi connectivity index (χ1n) is 4.26. The summed E-state index contributed by atoms with van der Waals surface area (Å²) in [5, 5.41) is 17.5. The molecule has 74 valence electrons. The van der Waals surface area contributed by atoms with Gasteiger partial charge in [0.15, 0.2) is 0 Å². The van der Waals surface area contributed by atoms with Gasteiger partial charge in [-0.3, -0.25) is 0 Å². The van der Waals surface area contributed by atoms with Crippen LogP contribution in [0.25, 0.3) is 0 Å². The van der Waals surface area contributed by atoms with Crippen molar-refractivity contribution >= 4 is 0 Å². The van der Waals surface area contributed by atoms with E-state index in [1.165, 1.54) is 0 Å². The van der Waals surface area contributed by atoms with Crippen molar-refractivity contribution in [3.8, 4) is 0 Å². The van der Waals surface area contributed by atoms with Crippen molar-refractivity contribution in [2.45, 2.75) is 13.0 Å². The summed E-state index contributed by atoms with van der Waals surface area (Å²) in [5.74, 6) is 0. The molecule has 1 unspecified atom stereocenters. The predicted octanol–water partition coefficient (Wildman–Crippen LogP) is -0.692. The quantitative estimate of drug-likeness (QED) is 0.540. The lowest BCUT2D eigenvalue weighted by Gasteiger charge is -2.21. The third-order valence-corrected chi connectivity index (χ3v) is 1.60. The number of aliphatic hydroxyl groups is 2. The maximum atomic E-state index is 8.86. The van der Waals surface area contributed by atoms with E-state index in [1.54, 1.807) is 0 Å². The van der Waals surface area contributed by atoms with Crippen molar-refractivity contribution in [1.29, 1.82) is 0 Å². The van der Waals surface area contributed by atoms with Crippen LogP contribution in [0.3, 0.4) is 0 Å². The highest BCUT2D eigenvalue weighted by Crippen LogP contribution is 1.93. The van der Waals surface area contributed by atoms with Gasteiger partial charge in [-0.15, -0.1) is 0 Å². The van der Waals surface area contributed by atoms with E-state index in [2.05, 4.69) is 0 Å². The van der Waals surface area contributed by atoms with Gasteiger partial charge in [-0.2, -0.15) is 0 Å². The molecule has 0 heterocycles. The molecule has 0 radical (unpaired) electrons. The Kier molecular flexibility index (Phi) is 7.39. The second-order valence-electron chi connectivity index (χ2n) is 2.75. The lowest BCUT2D eigenvalue weighted by molar-refractivity contribution is 0.000128. The van der Waals surface area contributed by atoms with Crippen LogP contribution in [0.4, 0.5) is 0 Å². The van der Waals surface area contributed by atoms with Crippen molar-refractivity contribution in [3.05, 3.63) is 0 Å². The fourth-order valence-corrected chi connectivity index (χ4v) is 1.01. The van der Waals surface area contributed by atoms with Gasteiger partial charge in [0.1, 0.15) is 0 Å². The molecular weight excluding hydrogens is 158 g/mol. The van der Waals surface area contributed by atoms with Crippen LogP contribution >= 0.6 is 0 Å². The van der Waals surface area contributed by atoms with E-state index in [-0.39, 0.29) is 19.3 Å². The molecule has 0 fully saturated rings. The first kappa shape index (κ1) is 11.8. The van der Waals surface area contributed by atoms with Crippen molar-refractivity contribution in [3.63, 3.8) is 0 Å². The largest absolute Gasteiger partial charge is 0.395 e. The zero-order chi connectivity index (χ0) is 9.40. The molecule has 4 nitrogen and oxygen atoms in total. The highest BCUT2D eigenvalue weighted by molar-refractivity contribution is 4.61. The lowest BCUT2D eigenvalue weighted by Crippen LogP contribution is -2.35. The topological polar surface area (TPSA) is 52.9 Å². The number of hydrogen-bond acceptors (Lipinski definition) is 4. The summed E-state index contributed by atoms with van der Waals surface area (Å²) in [5.41, 5.74) is 0. The summed E-state index contributed by atoms with van der Waals surface area (Å²) in [4.78, 5) is 1.93. The van der Waals surface area contributed by atoms with Crippen LogP contribution in [-0.4, -0.2) is 61.2 Å². The SMILES string of the molecule is CCOC(CO)CN(C)CCO. The molecule has 0 aromatic rings. The second-order valence-corrected chi connectivity index (χ2v) is 2.75. The Morgan fingerprint density at radius 3 is 2.50 bits per heavy atom. The van der Waals surface area contributed by atoms with Crippen LogP contribution < -0.4 is 0 Å². The molecule has 0 aliphatic carbocycles. The molecule has 12 heavy (non-hydrogen) atoms. The highest BCUT2D eigenvalue weighted by atomic mass is 16.5. The van der Waals surface area contributed by atoms with E-state index >= 15 is 0 Å². The zero-order valence-corrected chi connectivity index (χ0v) is 7.86. The van der Waals surface area contributed by atoms with Crippen LogP contribution in [-0.2, 0) is 4.74 Å². The van der Waals surface area contributed by atoms with Gasteiger partial charge in [0.2, 0.25) is 0 Å². The van der Waals surface area contributed by atoms with Gasteiger partial charge in [-0.25, -0.2) is 0 Å². The average molecular weight is 177 g/mol. The molecule has 2 N–H and O–H groups in total. The minimum Gasteiger partial charge on any atom is -0.395 e. The molecule has 0 aromatic carbocycles. The lowest BCUT2D eigenvalue weighted by atomic mass is 10.3. The van der Waals surface area contributed by atoms with Crippen LogP contribution in [0.2, 0.25) is 0 Å². The number of ether oxygens (including phenoxy) is 1. The molecule has 4 heteroatoms. The monoisotopic (exact) mass is 177 g/mol. The Balaban J connectivity index is 3.53. The molecule has 0 aliphatic rings. The number of aliphatic hydroxyl groups excluding tert-OH is 2. The van der Waals surface area contributed by atoms with Gasteiger partial charge >= 0.3 is 0 Å². The average Bonchev–Trinajstić information content (AvgIpc) is 2.04. The summed E-state index contributed by atoms with van der Waals surface area (Å²) in [7, 11) is 1.89. The van der Waals surface area contributed by atoms with Crippen molar-refractivity contribution < 1.29 is 14.9 Å². The van der Waals surface area contributed by atoms with E-state index in [0.717, 1.165) is 0 Å². The van der Waals surface area contributed by atoms with Gasteiger partial charge in [0, 0.05) is 19.7 Å². The fourth-order valence-electron chi connectivity index (χ4n) is 1.01. The van der Waals surface area contributed by atoms with Crippen LogP contribution in [0.5, 0.6) is 0 Å². The summed E-state index contributed by atoms with van der Waals surface area (Å²) in [6.45, 7) is 3.95. The molecule has 1 atom stereocenters. The van der Waals surface area contributed by atoms with Gasteiger partial charge in [-0.05, 0) is 14.0 Å². The van der Waals surface area contributed by atoms with Crippen LogP contribution in [0, 0.1) is 0 Å². The molecule has 0 rings (SSSR count). The Morgan fingerprint density at radius 1 is 1.42 bits per heavy atom. The molecule has 0 bridgehead atoms. The number of rotatable bonds is 7. The summed E-state index contributed by atoms with van der Waals surface area (Å²) in [6.07, 6.45) is -0.133. The van der Waals surface area contributed by atoms with Gasteiger partial charge in [0.25, 0.3) is 0 Å². The minimum absolute atomic E-state index is 0.0314. The molecule has 0 amide bonds. The molecular formula is C8H19NO3. The molecule has 0 spiro atoms. The van der Waals surface area contributed by atoms with Gasteiger partial charge < -0.3 is 19.8 Å². The number of hydrogen-bond donors (Lipinski definition) is 2. The molecule has 0 saturated heterocycles. The normalized spacial score (nSPS) is 13.8. The fraction of sp³-hybridized carbons (Fsp3) is 1.00. The van der Waals surface area contributed by atoms with Crippen molar-refractivity contribution in [1.82, 2.24) is 4.90 Å². The number of likely N-dealkylation sites (N-methyl/N-ethyl adjacent to an activating group) is 1. The summed E-state index contributed by atoms with van der Waals surface area (Å²) < 4.78 is 5.23. The summed E-state index contributed by atoms with van der Waals surface area (Å²) in [6, 6.07) is 0. The maximum Gasteiger partial charge on any atom is 0.0931 e. The first-order valence-corrected chi connectivity index (χ1v) is 4.26. The van der Waals surface area contributed by atoms with Crippen LogP contribution in [0.15, 0.2) is 0 Å². The Bertz CT molecular complexity index is 100. The predicted molar refractivity (Wildman–Crippen MR) is 47.1 cm³/mol. The zero-order valence-electron chi connectivity index (χ0n) is 7.86. The van der Waals surface area contributed by atoms with Crippen molar-refractivity contribution in [2.24, 2.45) is 0 Å². The second kappa shape index (κ2) is 7.49. The maximum absolute atomic E-state index is 8.86. The van der Waals surface area contributed by atoms with E-state index in [0.29, 0.717) is 19.7 Å². The van der Waals surface area contributed by atoms with E-state index in [9.17, 15) is 0 Å². The van der Waals surface area contributed by atoms with E-state index in [1.807, 2.05) is 18.9 Å². The smallest absolute Gasteiger partial charge is 0.0931 e. The van der Waals surface area contributed by atoms with E-state index < -0.39 is 0 Å². The Morgan fingerprint density at radius 2 is 2.08 bits per heavy atom. The Hall–Kier alpha value is -0.160. The van der Waals surface area contributed by atoms with E-state index in [4.69, 9.17) is 14.9 Å². The van der Waals surface area contributed by atoms with Crippen molar-refractivity contribution in [2.75, 3.05) is 40.0 Å². The third kappa shape index (κ3) is 5.49. The summed E-state index contributed by atoms with van der Waals surface area (Å²) >= 11 is 0. The van der Waals surface area contributed by atoms with Crippen LogP contribution in [0.1, 0.15) is 6.92 Å². The number of nitrogens with zero attached hydrogens (tertiary/aromatic N) is 1. The minimum atomic E-state index is -0.133. The van der Waals surface area contributed by atoms with Gasteiger partial charge in [-0.1, -0.05) is 0 Å². The standard InChI is InChI=1S/C8H19NO3/c1-3-12-8(7-11)6-9(2)4-5-10/h8,10-11H,3-7H2,1-2H3. The Labute approximate surface area is 73.8 Å². The third-order valence-electron chi connectivity index (χ3n) is 1.60. The first-order chi connectivity index (χ1) is 5.74. The molecule has 0 aliphatic heterocycles. The molecule has 0 saturated carbocycles. The van der Waals surface area contributed by atoms with Gasteiger partial charge in [0.05, 0.1) is 19.3 Å².